The molecule has 3 nitrogen and oxygen atoms in total. The van der Waals surface area contributed by atoms with Gasteiger partial charge in [-0.1, -0.05) is 31.2 Å². The van der Waals surface area contributed by atoms with Crippen molar-refractivity contribution in [3.63, 3.8) is 0 Å². The average molecular weight is 355 g/mol. The van der Waals surface area contributed by atoms with Crippen LogP contribution in [0.15, 0.2) is 47.4 Å². The highest BCUT2D eigenvalue weighted by Crippen LogP contribution is 2.39. The largest absolute Gasteiger partial charge is 0.272 e. The van der Waals surface area contributed by atoms with Gasteiger partial charge in [-0.05, 0) is 54.5 Å². The monoisotopic (exact) mass is 355 g/mol. The molecule has 3 rings (SSSR count). The number of aryl methyl sites for hydroxylation is 1. The van der Waals surface area contributed by atoms with Crippen molar-refractivity contribution in [1.29, 1.82) is 0 Å². The van der Waals surface area contributed by atoms with Crippen LogP contribution in [-0.4, -0.2) is 17.6 Å². The maximum atomic E-state index is 13.2. The molecule has 25 heavy (non-hydrogen) atoms. The van der Waals surface area contributed by atoms with E-state index in [0.717, 1.165) is 11.1 Å². The number of thioether (sulfide) groups is 1. The number of hydrogen-bond acceptors (Lipinski definition) is 3. The maximum absolute atomic E-state index is 13.2. The van der Waals surface area contributed by atoms with Crippen molar-refractivity contribution >= 4 is 34.8 Å². The molecule has 1 heterocycles. The van der Waals surface area contributed by atoms with Crippen LogP contribution in [0.4, 0.5) is 10.1 Å². The second-order valence-electron chi connectivity index (χ2n) is 5.81. The first-order chi connectivity index (χ1) is 12.0. The van der Waals surface area contributed by atoms with Crippen LogP contribution in [0.1, 0.15) is 23.6 Å². The van der Waals surface area contributed by atoms with E-state index in [1.807, 2.05) is 32.9 Å². The molecule has 0 saturated heterocycles. The Morgan fingerprint density at radius 3 is 2.32 bits per heavy atom. The summed E-state index contributed by atoms with van der Waals surface area (Å²) >= 11 is 1.34. The molecular formula is C20H18FNO2S. The highest BCUT2D eigenvalue weighted by molar-refractivity contribution is 8.04. The van der Waals surface area contributed by atoms with Crippen LogP contribution in [0.25, 0.3) is 5.57 Å². The average Bonchev–Trinajstić information content (AvgIpc) is 2.83. The molecule has 0 bridgehead atoms. The molecule has 1 aliphatic rings. The van der Waals surface area contributed by atoms with Crippen LogP contribution in [-0.2, 0) is 9.59 Å². The van der Waals surface area contributed by atoms with Crippen molar-refractivity contribution < 1.29 is 14.0 Å². The lowest BCUT2D eigenvalue weighted by atomic mass is 10.1. The minimum atomic E-state index is -0.378. The first kappa shape index (κ1) is 17.4. The van der Waals surface area contributed by atoms with Crippen LogP contribution < -0.4 is 4.90 Å². The molecule has 0 unspecified atom stereocenters. The lowest BCUT2D eigenvalue weighted by Gasteiger charge is -2.19. The van der Waals surface area contributed by atoms with E-state index in [1.54, 1.807) is 18.2 Å². The van der Waals surface area contributed by atoms with E-state index < -0.39 is 0 Å². The number of benzene rings is 2. The fourth-order valence-corrected chi connectivity index (χ4v) is 3.71. The van der Waals surface area contributed by atoms with E-state index in [1.165, 1.54) is 28.8 Å². The van der Waals surface area contributed by atoms with Crippen molar-refractivity contribution in [2.45, 2.75) is 20.8 Å². The summed E-state index contributed by atoms with van der Waals surface area (Å²) in [4.78, 5) is 27.7. The van der Waals surface area contributed by atoms with E-state index >= 15 is 0 Å². The Morgan fingerprint density at radius 2 is 1.68 bits per heavy atom. The molecule has 0 aromatic heterocycles. The van der Waals surface area contributed by atoms with Crippen molar-refractivity contribution in [3.05, 3.63) is 69.9 Å². The molecule has 2 aromatic carbocycles. The Morgan fingerprint density at radius 1 is 1.00 bits per heavy atom. The number of amides is 2. The van der Waals surface area contributed by atoms with Crippen LogP contribution in [0.2, 0.25) is 0 Å². The summed E-state index contributed by atoms with van der Waals surface area (Å²) in [6.45, 7) is 5.77. The van der Waals surface area contributed by atoms with Crippen molar-refractivity contribution in [2.24, 2.45) is 0 Å². The Hall–Kier alpha value is -2.40. The van der Waals surface area contributed by atoms with E-state index in [-0.39, 0.29) is 17.6 Å². The smallest absolute Gasteiger partial charge is 0.268 e. The maximum Gasteiger partial charge on any atom is 0.272 e. The number of imide groups is 1. The summed E-state index contributed by atoms with van der Waals surface area (Å²) in [6, 6.07) is 11.2. The number of carbonyl (C=O) groups is 2. The SMILES string of the molecule is CCSC1=C(c2ccc(F)cc2)C(=O)N(c2cccc(C)c2C)C1=O. The third kappa shape index (κ3) is 3.00. The zero-order valence-corrected chi connectivity index (χ0v) is 15.1. The van der Waals surface area contributed by atoms with Gasteiger partial charge in [0.05, 0.1) is 16.2 Å². The molecule has 5 heteroatoms. The summed E-state index contributed by atoms with van der Waals surface area (Å²) in [6.07, 6.45) is 0. The fraction of sp³-hybridized carbons (Fsp3) is 0.200. The molecule has 2 amide bonds. The van der Waals surface area contributed by atoms with Crippen LogP contribution >= 0.6 is 11.8 Å². The normalized spacial score (nSPS) is 14.6. The summed E-state index contributed by atoms with van der Waals surface area (Å²) in [7, 11) is 0. The lowest BCUT2D eigenvalue weighted by molar-refractivity contribution is -0.119. The number of anilines is 1. The van der Waals surface area contributed by atoms with E-state index in [0.29, 0.717) is 27.5 Å². The Kier molecular flexibility index (Phi) is 4.77. The number of hydrogen-bond donors (Lipinski definition) is 0. The topological polar surface area (TPSA) is 37.4 Å². The van der Waals surface area contributed by atoms with Gasteiger partial charge in [0, 0.05) is 0 Å². The van der Waals surface area contributed by atoms with Crippen molar-refractivity contribution in [2.75, 3.05) is 10.7 Å². The quantitative estimate of drug-likeness (QED) is 0.759. The van der Waals surface area contributed by atoms with Gasteiger partial charge < -0.3 is 0 Å². The fourth-order valence-electron chi connectivity index (χ4n) is 2.86. The third-order valence-electron chi connectivity index (χ3n) is 4.28. The Bertz CT molecular complexity index is 887. The zero-order chi connectivity index (χ0) is 18.1. The number of carbonyl (C=O) groups excluding carboxylic acids is 2. The van der Waals surface area contributed by atoms with Gasteiger partial charge in [0.1, 0.15) is 5.82 Å². The van der Waals surface area contributed by atoms with E-state index in [2.05, 4.69) is 0 Å². The zero-order valence-electron chi connectivity index (χ0n) is 14.3. The molecule has 1 aliphatic heterocycles. The van der Waals surface area contributed by atoms with E-state index in [4.69, 9.17) is 0 Å². The molecule has 128 valence electrons. The summed E-state index contributed by atoms with van der Waals surface area (Å²) in [5.41, 5.74) is 3.41. The first-order valence-electron chi connectivity index (χ1n) is 8.03. The van der Waals surface area contributed by atoms with Gasteiger partial charge in [-0.25, -0.2) is 9.29 Å². The van der Waals surface area contributed by atoms with Gasteiger partial charge >= 0.3 is 0 Å². The van der Waals surface area contributed by atoms with Crippen molar-refractivity contribution in [3.8, 4) is 0 Å². The van der Waals surface area contributed by atoms with Crippen molar-refractivity contribution in [1.82, 2.24) is 0 Å². The standard InChI is InChI=1S/C20H18FNO2S/c1-4-25-18-17(14-8-10-15(21)11-9-14)19(23)22(20(18)24)16-7-5-6-12(2)13(16)3/h5-11H,4H2,1-3H3. The summed E-state index contributed by atoms with van der Waals surface area (Å²) in [5, 5.41) is 0. The minimum Gasteiger partial charge on any atom is -0.268 e. The number of rotatable bonds is 4. The first-order valence-corrected chi connectivity index (χ1v) is 9.02. The predicted molar refractivity (Wildman–Crippen MR) is 99.9 cm³/mol. The molecule has 0 fully saturated rings. The van der Waals surface area contributed by atoms with Crippen LogP contribution in [0.5, 0.6) is 0 Å². The molecule has 0 saturated carbocycles. The second kappa shape index (κ2) is 6.84. The molecule has 0 aliphatic carbocycles. The third-order valence-corrected chi connectivity index (χ3v) is 5.24. The molecular weight excluding hydrogens is 337 g/mol. The van der Waals surface area contributed by atoms with Gasteiger partial charge in [-0.2, -0.15) is 0 Å². The molecule has 0 atom stereocenters. The Labute approximate surface area is 150 Å². The number of halogens is 1. The second-order valence-corrected chi connectivity index (χ2v) is 7.08. The summed E-state index contributed by atoms with van der Waals surface area (Å²) in [5.74, 6) is -0.386. The van der Waals surface area contributed by atoms with Gasteiger partial charge in [-0.15, -0.1) is 11.8 Å². The van der Waals surface area contributed by atoms with Gasteiger partial charge in [-0.3, -0.25) is 9.59 Å². The minimum absolute atomic E-state index is 0.315. The molecule has 0 N–H and O–H groups in total. The molecule has 2 aromatic rings. The van der Waals surface area contributed by atoms with Crippen LogP contribution in [0, 0.1) is 19.7 Å². The highest BCUT2D eigenvalue weighted by atomic mass is 32.2. The highest BCUT2D eigenvalue weighted by Gasteiger charge is 2.40. The predicted octanol–water partition coefficient (Wildman–Crippen LogP) is 4.48. The van der Waals surface area contributed by atoms with Gasteiger partial charge in [0.25, 0.3) is 11.8 Å². The van der Waals surface area contributed by atoms with E-state index in [9.17, 15) is 14.0 Å². The Balaban J connectivity index is 2.13. The molecule has 0 spiro atoms. The lowest BCUT2D eigenvalue weighted by Crippen LogP contribution is -2.32. The molecule has 0 radical (unpaired) electrons. The van der Waals surface area contributed by atoms with Crippen LogP contribution in [0.3, 0.4) is 0 Å². The summed E-state index contributed by atoms with van der Waals surface area (Å²) < 4.78 is 13.2. The number of nitrogens with zero attached hydrogens (tertiary/aromatic N) is 1. The van der Waals surface area contributed by atoms with Gasteiger partial charge in [0.15, 0.2) is 0 Å². The van der Waals surface area contributed by atoms with Gasteiger partial charge in [0.2, 0.25) is 0 Å².